The maximum atomic E-state index is 12.7. The van der Waals surface area contributed by atoms with Gasteiger partial charge in [-0.05, 0) is 75.4 Å². The molecule has 0 spiro atoms. The highest BCUT2D eigenvalue weighted by Crippen LogP contribution is 2.38. The zero-order chi connectivity index (χ0) is 24.1. The van der Waals surface area contributed by atoms with Crippen molar-refractivity contribution in [2.24, 2.45) is 0 Å². The van der Waals surface area contributed by atoms with Crippen LogP contribution in [-0.4, -0.2) is 56.3 Å². The van der Waals surface area contributed by atoms with Crippen molar-refractivity contribution < 1.29 is 14.3 Å². The number of nitrogens with one attached hydrogen (secondary N) is 2. The van der Waals surface area contributed by atoms with Crippen molar-refractivity contribution in [1.29, 1.82) is 0 Å². The molecule has 180 valence electrons. The summed E-state index contributed by atoms with van der Waals surface area (Å²) in [6.07, 6.45) is 4.85. The molecule has 1 saturated heterocycles. The minimum Gasteiger partial charge on any atom is -0.493 e. The molecule has 0 aromatic heterocycles. The summed E-state index contributed by atoms with van der Waals surface area (Å²) in [5.74, 6) is 1.16. The molecule has 0 unspecified atom stereocenters. The number of hydrogen-bond acceptors (Lipinski definition) is 5. The van der Waals surface area contributed by atoms with Crippen LogP contribution in [0.25, 0.3) is 5.70 Å². The molecule has 34 heavy (non-hydrogen) atoms. The smallest absolute Gasteiger partial charge is 0.251 e. The van der Waals surface area contributed by atoms with Gasteiger partial charge in [-0.25, -0.2) is 0 Å². The van der Waals surface area contributed by atoms with Crippen LogP contribution in [-0.2, 0) is 0 Å². The highest BCUT2D eigenvalue weighted by molar-refractivity contribution is 7.80. The van der Waals surface area contributed by atoms with Gasteiger partial charge >= 0.3 is 0 Å². The number of thiocarbonyl (C=S) groups is 1. The van der Waals surface area contributed by atoms with E-state index in [2.05, 4.69) is 22.1 Å². The van der Waals surface area contributed by atoms with Gasteiger partial charge in [0.15, 0.2) is 16.6 Å². The molecule has 2 aliphatic heterocycles. The van der Waals surface area contributed by atoms with Crippen LogP contribution in [0.5, 0.6) is 11.5 Å². The Kier molecular flexibility index (Phi) is 7.70. The van der Waals surface area contributed by atoms with Gasteiger partial charge in [-0.3, -0.25) is 9.69 Å². The second-order valence-corrected chi connectivity index (χ2v) is 8.91. The minimum atomic E-state index is -0.0814. The summed E-state index contributed by atoms with van der Waals surface area (Å²) >= 11 is 5.64. The van der Waals surface area contributed by atoms with Crippen molar-refractivity contribution in [3.63, 3.8) is 0 Å². The molecule has 7 nitrogen and oxygen atoms in total. The van der Waals surface area contributed by atoms with Crippen molar-refractivity contribution in [2.75, 3.05) is 50.6 Å². The average Bonchev–Trinajstić information content (AvgIpc) is 2.86. The second kappa shape index (κ2) is 10.9. The number of fused-ring (bicyclic) bond motifs is 1. The Morgan fingerprint density at radius 2 is 1.85 bits per heavy atom. The van der Waals surface area contributed by atoms with E-state index in [1.54, 1.807) is 14.2 Å². The molecule has 0 atom stereocenters. The third-order valence-corrected chi connectivity index (χ3v) is 6.60. The van der Waals surface area contributed by atoms with Gasteiger partial charge < -0.3 is 25.0 Å². The number of likely N-dealkylation sites (tertiary alicyclic amines) is 1. The van der Waals surface area contributed by atoms with Crippen LogP contribution in [0.2, 0.25) is 0 Å². The van der Waals surface area contributed by atoms with Gasteiger partial charge in [-0.2, -0.15) is 0 Å². The molecular weight excluding hydrogens is 448 g/mol. The lowest BCUT2D eigenvalue weighted by Crippen LogP contribution is -2.37. The Morgan fingerprint density at radius 1 is 1.09 bits per heavy atom. The van der Waals surface area contributed by atoms with E-state index in [9.17, 15) is 4.79 Å². The van der Waals surface area contributed by atoms with Crippen LogP contribution in [0, 0.1) is 0 Å². The molecule has 0 aliphatic carbocycles. The quantitative estimate of drug-likeness (QED) is 0.426. The number of carbonyl (C=O) groups excluding carboxylic acids is 1. The van der Waals surface area contributed by atoms with E-state index in [4.69, 9.17) is 21.7 Å². The van der Waals surface area contributed by atoms with E-state index in [1.165, 1.54) is 32.4 Å². The van der Waals surface area contributed by atoms with Crippen LogP contribution in [0.15, 0.2) is 43.0 Å². The SMILES string of the molecule is C=C1c2ccc(C(=O)NCCCN3CCCCC3)cc2NC(=S)N1c1ccc(OC)c(OC)c1. The fourth-order valence-corrected chi connectivity index (χ4v) is 4.81. The lowest BCUT2D eigenvalue weighted by molar-refractivity contribution is 0.0951. The number of carbonyl (C=O) groups is 1. The van der Waals surface area contributed by atoms with E-state index in [0.717, 1.165) is 35.6 Å². The van der Waals surface area contributed by atoms with Crippen molar-refractivity contribution in [3.05, 3.63) is 54.1 Å². The Hall–Kier alpha value is -3.10. The topological polar surface area (TPSA) is 66.1 Å². The summed E-state index contributed by atoms with van der Waals surface area (Å²) in [4.78, 5) is 17.0. The van der Waals surface area contributed by atoms with E-state index in [1.807, 2.05) is 41.3 Å². The highest BCUT2D eigenvalue weighted by atomic mass is 32.1. The van der Waals surface area contributed by atoms with Crippen LogP contribution >= 0.6 is 12.2 Å². The maximum absolute atomic E-state index is 12.7. The molecule has 2 aromatic rings. The Balaban J connectivity index is 1.42. The number of anilines is 2. The number of benzene rings is 2. The molecule has 4 rings (SSSR count). The fourth-order valence-electron chi connectivity index (χ4n) is 4.48. The molecule has 1 fully saturated rings. The second-order valence-electron chi connectivity index (χ2n) is 8.52. The van der Waals surface area contributed by atoms with Gasteiger partial charge in [0.25, 0.3) is 5.91 Å². The van der Waals surface area contributed by atoms with Crippen molar-refractivity contribution in [1.82, 2.24) is 10.2 Å². The Morgan fingerprint density at radius 3 is 2.59 bits per heavy atom. The largest absolute Gasteiger partial charge is 0.493 e. The zero-order valence-corrected chi connectivity index (χ0v) is 20.7. The van der Waals surface area contributed by atoms with E-state index < -0.39 is 0 Å². The minimum absolute atomic E-state index is 0.0814. The van der Waals surface area contributed by atoms with Crippen molar-refractivity contribution in [2.45, 2.75) is 25.7 Å². The lowest BCUT2D eigenvalue weighted by Gasteiger charge is -2.34. The summed E-state index contributed by atoms with van der Waals surface area (Å²) in [5, 5.41) is 6.77. The first-order valence-corrected chi connectivity index (χ1v) is 12.1. The lowest BCUT2D eigenvalue weighted by atomic mass is 10.0. The number of amides is 1. The fraction of sp³-hybridized carbons (Fsp3) is 0.385. The monoisotopic (exact) mass is 480 g/mol. The van der Waals surface area contributed by atoms with E-state index in [0.29, 0.717) is 28.7 Å². The molecule has 1 amide bonds. The summed E-state index contributed by atoms with van der Waals surface area (Å²) in [6, 6.07) is 11.2. The summed E-state index contributed by atoms with van der Waals surface area (Å²) < 4.78 is 10.8. The first kappa shape index (κ1) is 24.0. The third-order valence-electron chi connectivity index (χ3n) is 6.32. The van der Waals surface area contributed by atoms with Gasteiger partial charge in [0.1, 0.15) is 0 Å². The van der Waals surface area contributed by atoms with Crippen LogP contribution in [0.1, 0.15) is 41.6 Å². The van der Waals surface area contributed by atoms with E-state index in [-0.39, 0.29) is 5.91 Å². The van der Waals surface area contributed by atoms with Gasteiger partial charge in [-0.15, -0.1) is 0 Å². The van der Waals surface area contributed by atoms with Crippen molar-refractivity contribution in [3.8, 4) is 11.5 Å². The summed E-state index contributed by atoms with van der Waals surface area (Å²) in [7, 11) is 3.20. The molecular formula is C26H32N4O3S. The molecule has 2 heterocycles. The number of rotatable bonds is 8. The van der Waals surface area contributed by atoms with Gasteiger partial charge in [-0.1, -0.05) is 19.1 Å². The summed E-state index contributed by atoms with van der Waals surface area (Å²) in [5.41, 5.74) is 3.78. The number of hydrogen-bond donors (Lipinski definition) is 2. The summed E-state index contributed by atoms with van der Waals surface area (Å²) in [6.45, 7) is 8.31. The highest BCUT2D eigenvalue weighted by Gasteiger charge is 2.26. The third kappa shape index (κ3) is 5.18. The zero-order valence-electron chi connectivity index (χ0n) is 19.9. The average molecular weight is 481 g/mol. The molecule has 0 saturated carbocycles. The number of ether oxygens (including phenoxy) is 2. The van der Waals surface area contributed by atoms with Crippen LogP contribution < -0.4 is 25.0 Å². The first-order valence-electron chi connectivity index (χ1n) is 11.7. The molecule has 8 heteroatoms. The molecule has 2 aliphatic rings. The molecule has 2 N–H and O–H groups in total. The van der Waals surface area contributed by atoms with Crippen molar-refractivity contribution >= 4 is 40.3 Å². The first-order chi connectivity index (χ1) is 16.5. The van der Waals surface area contributed by atoms with E-state index >= 15 is 0 Å². The maximum Gasteiger partial charge on any atom is 0.251 e. The van der Waals surface area contributed by atoms with Gasteiger partial charge in [0, 0.05) is 23.7 Å². The molecule has 2 aromatic carbocycles. The van der Waals surface area contributed by atoms with Gasteiger partial charge in [0.05, 0.1) is 31.3 Å². The van der Waals surface area contributed by atoms with Crippen LogP contribution in [0.3, 0.4) is 0 Å². The molecule has 0 bridgehead atoms. The van der Waals surface area contributed by atoms with Gasteiger partial charge in [0.2, 0.25) is 0 Å². The normalized spacial score (nSPS) is 16.0. The number of piperidine rings is 1. The number of nitrogens with zero attached hydrogens (tertiary/aromatic N) is 2. The predicted octanol–water partition coefficient (Wildman–Crippen LogP) is 4.50. The number of methoxy groups -OCH3 is 2. The standard InChI is InChI=1S/C26H32N4O3S/c1-18-21-10-8-19(25(31)27-12-7-15-29-13-5-4-6-14-29)16-22(21)28-26(34)30(18)20-9-11-23(32-2)24(17-20)33-3/h8-11,16-17H,1,4-7,12-15H2,2-3H3,(H,27,31)(H,28,34). The predicted molar refractivity (Wildman–Crippen MR) is 141 cm³/mol. The Labute approximate surface area is 206 Å². The Bertz CT molecular complexity index is 1080. The molecule has 0 radical (unpaired) electrons. The van der Waals surface area contributed by atoms with Crippen LogP contribution in [0.4, 0.5) is 11.4 Å².